The molecule has 2 bridgehead atoms. The fourth-order valence-corrected chi connectivity index (χ4v) is 8.04. The van der Waals surface area contributed by atoms with Gasteiger partial charge in [-0.1, -0.05) is 45.8 Å². The first kappa shape index (κ1) is 26.2. The van der Waals surface area contributed by atoms with Gasteiger partial charge in [0.25, 0.3) is 0 Å². The minimum absolute atomic E-state index is 0.199. The summed E-state index contributed by atoms with van der Waals surface area (Å²) in [5.74, 6) is 0.275. The highest BCUT2D eigenvalue weighted by Gasteiger charge is 2.42. The third kappa shape index (κ3) is 4.57. The van der Waals surface area contributed by atoms with Crippen molar-refractivity contribution in [3.63, 3.8) is 0 Å². The minimum Gasteiger partial charge on any atom is -0.465 e. The minimum atomic E-state index is -0.555. The Bertz CT molecular complexity index is 1590. The molecule has 1 aliphatic carbocycles. The molecular formula is C29H27Cl2FN4O3S. The number of hydrogen-bond acceptors (Lipinski definition) is 8. The van der Waals surface area contributed by atoms with E-state index < -0.39 is 11.8 Å². The second-order valence-electron chi connectivity index (χ2n) is 10.9. The molecule has 2 aliphatic heterocycles. The first-order chi connectivity index (χ1) is 19.4. The van der Waals surface area contributed by atoms with Crippen molar-refractivity contribution >= 4 is 55.9 Å². The number of esters is 1. The van der Waals surface area contributed by atoms with Gasteiger partial charge in [-0.05, 0) is 62.8 Å². The Hall–Kier alpha value is -2.72. The predicted octanol–water partition coefficient (Wildman–Crippen LogP) is 7.35. The highest BCUT2D eigenvalue weighted by molar-refractivity contribution is 7.22. The normalized spacial score (nSPS) is 22.3. The first-order valence-corrected chi connectivity index (χ1v) is 15.1. The van der Waals surface area contributed by atoms with E-state index in [4.69, 9.17) is 32.5 Å². The smallest absolute Gasteiger partial charge is 0.338 e. The fraction of sp³-hybridized carbons (Fsp3) is 0.414. The quantitative estimate of drug-likeness (QED) is 0.222. The van der Waals surface area contributed by atoms with E-state index in [9.17, 15) is 9.18 Å². The zero-order valence-corrected chi connectivity index (χ0v) is 24.1. The zero-order valence-electron chi connectivity index (χ0n) is 21.8. The first-order valence-electron chi connectivity index (χ1n) is 13.5. The molecule has 208 valence electrons. The number of anilines is 1. The summed E-state index contributed by atoms with van der Waals surface area (Å²) in [6, 6.07) is 9.27. The molecular weight excluding hydrogens is 574 g/mol. The molecule has 2 aromatic carbocycles. The molecule has 4 aromatic rings. The summed E-state index contributed by atoms with van der Waals surface area (Å²) in [4.78, 5) is 19.0. The van der Waals surface area contributed by atoms with Crippen molar-refractivity contribution < 1.29 is 18.4 Å². The lowest BCUT2D eigenvalue weighted by Gasteiger charge is -2.39. The van der Waals surface area contributed by atoms with Gasteiger partial charge in [-0.3, -0.25) is 0 Å². The van der Waals surface area contributed by atoms with Gasteiger partial charge in [-0.15, -0.1) is 0 Å². The summed E-state index contributed by atoms with van der Waals surface area (Å²) in [6.45, 7) is 0.624. The van der Waals surface area contributed by atoms with Gasteiger partial charge < -0.3 is 19.5 Å². The standard InChI is InChI=1S/C29H27Cl2FN4O3S/c1-38-28(37)15-9-22(32)26-23(10-15)40-29(34-26)36-17-7-8-18(36)12-16(11-17)33-13-19-25(35-39-27(19)14-5-6-14)24-20(30)3-2-4-21(24)31/h2-4,9-10,14,16-18,33H,5-8,11-13H2,1H3. The Morgan fingerprint density at radius 2 is 1.90 bits per heavy atom. The number of carbonyl (C=O) groups is 1. The van der Waals surface area contributed by atoms with E-state index in [1.165, 1.54) is 24.5 Å². The summed E-state index contributed by atoms with van der Waals surface area (Å²) >= 11 is 14.5. The van der Waals surface area contributed by atoms with E-state index in [0.717, 1.165) is 55.0 Å². The van der Waals surface area contributed by atoms with Crippen molar-refractivity contribution in [1.82, 2.24) is 15.5 Å². The summed E-state index contributed by atoms with van der Waals surface area (Å²) in [5, 5.41) is 10.1. The van der Waals surface area contributed by atoms with Crippen LogP contribution in [0.3, 0.4) is 0 Å². The maximum absolute atomic E-state index is 14.8. The summed E-state index contributed by atoms with van der Waals surface area (Å²) in [6.07, 6.45) is 6.24. The van der Waals surface area contributed by atoms with Crippen LogP contribution in [0.4, 0.5) is 9.52 Å². The number of halogens is 3. The number of aromatic nitrogens is 2. The highest BCUT2D eigenvalue weighted by atomic mass is 35.5. The predicted molar refractivity (Wildman–Crippen MR) is 154 cm³/mol. The van der Waals surface area contributed by atoms with Crippen LogP contribution in [-0.4, -0.2) is 41.3 Å². The molecule has 2 atom stereocenters. The van der Waals surface area contributed by atoms with Gasteiger partial charge in [0, 0.05) is 41.7 Å². The van der Waals surface area contributed by atoms with Crippen LogP contribution >= 0.6 is 34.5 Å². The molecule has 2 saturated heterocycles. The number of carbonyl (C=O) groups excluding carboxylic acids is 1. The van der Waals surface area contributed by atoms with E-state index in [1.54, 1.807) is 6.07 Å². The number of rotatable bonds is 7. The Kier molecular flexibility index (Phi) is 6.73. The van der Waals surface area contributed by atoms with E-state index in [0.29, 0.717) is 62.1 Å². The van der Waals surface area contributed by atoms with Crippen LogP contribution in [0.5, 0.6) is 0 Å². The molecule has 11 heteroatoms. The molecule has 7 rings (SSSR count). The zero-order chi connectivity index (χ0) is 27.5. The number of hydrogen-bond donors (Lipinski definition) is 1. The van der Waals surface area contributed by atoms with Gasteiger partial charge >= 0.3 is 5.97 Å². The average molecular weight is 602 g/mol. The summed E-state index contributed by atoms with van der Waals surface area (Å²) < 4.78 is 26.1. The molecule has 2 aromatic heterocycles. The lowest BCUT2D eigenvalue weighted by atomic mass is 9.97. The molecule has 0 amide bonds. The van der Waals surface area contributed by atoms with E-state index in [2.05, 4.69) is 20.4 Å². The maximum atomic E-state index is 14.8. The number of methoxy groups -OCH3 is 1. The monoisotopic (exact) mass is 600 g/mol. The molecule has 0 radical (unpaired) electrons. The molecule has 3 fully saturated rings. The number of nitrogens with zero attached hydrogens (tertiary/aromatic N) is 3. The van der Waals surface area contributed by atoms with Crippen LogP contribution in [0.2, 0.25) is 10.0 Å². The lowest BCUT2D eigenvalue weighted by molar-refractivity contribution is 0.0600. The van der Waals surface area contributed by atoms with Gasteiger partial charge in [-0.2, -0.15) is 0 Å². The van der Waals surface area contributed by atoms with Gasteiger partial charge in [0.1, 0.15) is 17.0 Å². The molecule has 0 spiro atoms. The van der Waals surface area contributed by atoms with Crippen LogP contribution in [0, 0.1) is 5.82 Å². The van der Waals surface area contributed by atoms with E-state index in [-0.39, 0.29) is 5.56 Å². The number of benzene rings is 2. The van der Waals surface area contributed by atoms with Crippen molar-refractivity contribution in [2.45, 2.75) is 69.1 Å². The lowest BCUT2D eigenvalue weighted by Crippen LogP contribution is -2.49. The second-order valence-corrected chi connectivity index (χ2v) is 12.7. The van der Waals surface area contributed by atoms with Crippen LogP contribution in [0.25, 0.3) is 21.5 Å². The average Bonchev–Trinajstić information content (AvgIpc) is 3.46. The van der Waals surface area contributed by atoms with Gasteiger partial charge in [0.2, 0.25) is 0 Å². The number of thiazole rings is 1. The number of piperidine rings is 1. The number of nitrogens with one attached hydrogen (secondary N) is 1. The molecule has 4 heterocycles. The van der Waals surface area contributed by atoms with Crippen molar-refractivity contribution in [2.24, 2.45) is 0 Å². The topological polar surface area (TPSA) is 80.5 Å². The van der Waals surface area contributed by atoms with Crippen molar-refractivity contribution in [1.29, 1.82) is 0 Å². The molecule has 1 saturated carbocycles. The second kappa shape index (κ2) is 10.3. The third-order valence-corrected chi connectivity index (χ3v) is 9.99. The van der Waals surface area contributed by atoms with Crippen LogP contribution in [0.1, 0.15) is 66.1 Å². The van der Waals surface area contributed by atoms with Crippen LogP contribution < -0.4 is 10.2 Å². The summed E-state index contributed by atoms with van der Waals surface area (Å²) in [7, 11) is 1.29. The molecule has 40 heavy (non-hydrogen) atoms. The van der Waals surface area contributed by atoms with Crippen LogP contribution in [0.15, 0.2) is 34.9 Å². The fourth-order valence-electron chi connectivity index (χ4n) is 6.31. The Labute approximate surface area is 244 Å². The molecule has 3 aliphatic rings. The van der Waals surface area contributed by atoms with Gasteiger partial charge in [0.05, 0.1) is 27.4 Å². The van der Waals surface area contributed by atoms with Crippen molar-refractivity contribution in [3.8, 4) is 11.3 Å². The van der Waals surface area contributed by atoms with E-state index >= 15 is 0 Å². The van der Waals surface area contributed by atoms with E-state index in [1.807, 2.05) is 18.2 Å². The molecule has 2 unspecified atom stereocenters. The third-order valence-electron chi connectivity index (χ3n) is 8.35. The molecule has 1 N–H and O–H groups in total. The summed E-state index contributed by atoms with van der Waals surface area (Å²) in [5.41, 5.74) is 2.97. The Morgan fingerprint density at radius 3 is 2.58 bits per heavy atom. The Morgan fingerprint density at radius 1 is 1.18 bits per heavy atom. The van der Waals surface area contributed by atoms with Crippen LogP contribution in [-0.2, 0) is 11.3 Å². The van der Waals surface area contributed by atoms with Gasteiger partial charge in [0.15, 0.2) is 10.9 Å². The Balaban J connectivity index is 1.10. The maximum Gasteiger partial charge on any atom is 0.338 e. The highest BCUT2D eigenvalue weighted by Crippen LogP contribution is 2.47. The molecule has 7 nitrogen and oxygen atoms in total. The number of fused-ring (bicyclic) bond motifs is 3. The van der Waals surface area contributed by atoms with Crippen molar-refractivity contribution in [3.05, 3.63) is 63.1 Å². The van der Waals surface area contributed by atoms with Gasteiger partial charge in [-0.25, -0.2) is 14.2 Å². The largest absolute Gasteiger partial charge is 0.465 e. The van der Waals surface area contributed by atoms with Crippen molar-refractivity contribution in [2.75, 3.05) is 12.0 Å². The SMILES string of the molecule is COC(=O)c1cc(F)c2nc(N3C4CCC3CC(NCc3c(-c5c(Cl)cccc5Cl)noc3C3CC3)C4)sc2c1. The number of ether oxygens (including phenoxy) is 1.